The fourth-order valence-corrected chi connectivity index (χ4v) is 3.58. The molecule has 0 heterocycles. The van der Waals surface area contributed by atoms with Crippen molar-refractivity contribution in [2.45, 2.75) is 45.3 Å². The Labute approximate surface area is 131 Å². The van der Waals surface area contributed by atoms with Gasteiger partial charge in [-0.15, -0.1) is 0 Å². The lowest BCUT2D eigenvalue weighted by atomic mass is 10.1. The highest BCUT2D eigenvalue weighted by Crippen LogP contribution is 2.39. The highest BCUT2D eigenvalue weighted by Gasteiger charge is 2.25. The van der Waals surface area contributed by atoms with Gasteiger partial charge < -0.3 is 10.1 Å². The van der Waals surface area contributed by atoms with Gasteiger partial charge >= 0.3 is 6.61 Å². The molecule has 0 aromatic heterocycles. The molecule has 2 atom stereocenters. The normalized spacial score (nSPS) is 22.3. The summed E-state index contributed by atoms with van der Waals surface area (Å²) in [6.45, 7) is -0.686. The van der Waals surface area contributed by atoms with Crippen molar-refractivity contribution in [3.8, 4) is 5.75 Å². The van der Waals surface area contributed by atoms with Crippen LogP contribution >= 0.6 is 27.5 Å². The van der Waals surface area contributed by atoms with Crippen LogP contribution in [0.5, 0.6) is 5.75 Å². The number of ether oxygens (including phenoxy) is 1. The lowest BCUT2D eigenvalue weighted by Gasteiger charge is -2.19. The van der Waals surface area contributed by atoms with E-state index in [0.29, 0.717) is 21.1 Å². The largest absolute Gasteiger partial charge is 0.431 e. The van der Waals surface area contributed by atoms with Crippen LogP contribution in [0.2, 0.25) is 5.02 Å². The smallest absolute Gasteiger partial charge is 0.387 e. The summed E-state index contributed by atoms with van der Waals surface area (Å²) in [4.78, 5) is 0. The summed E-state index contributed by atoms with van der Waals surface area (Å²) in [6, 6.07) is 3.46. The number of hydrogen-bond donors (Lipinski definition) is 1. The summed E-state index contributed by atoms with van der Waals surface area (Å²) in [5.41, 5.74) is 0.520. The third-order valence-electron chi connectivity index (χ3n) is 3.69. The molecule has 1 N–H and O–H groups in total. The molecular weight excluding hydrogens is 352 g/mol. The SMILES string of the molecule is CCC1CCC(Nc2cc(Cl)cc(Br)c2OC(F)F)C1. The van der Waals surface area contributed by atoms with Crippen molar-refractivity contribution in [1.29, 1.82) is 0 Å². The predicted octanol–water partition coefficient (Wildman–Crippen LogP) is 5.69. The van der Waals surface area contributed by atoms with Gasteiger partial charge in [-0.2, -0.15) is 8.78 Å². The Kier molecular flexibility index (Phi) is 5.49. The Morgan fingerprint density at radius 2 is 2.20 bits per heavy atom. The van der Waals surface area contributed by atoms with Gasteiger partial charge in [0.25, 0.3) is 0 Å². The zero-order valence-electron chi connectivity index (χ0n) is 11.1. The third kappa shape index (κ3) is 3.98. The molecule has 2 unspecified atom stereocenters. The molecule has 112 valence electrons. The van der Waals surface area contributed by atoms with Gasteiger partial charge in [-0.3, -0.25) is 0 Å². The second-order valence-corrected chi connectivity index (χ2v) is 6.36. The number of anilines is 1. The summed E-state index contributed by atoms with van der Waals surface area (Å²) in [7, 11) is 0. The zero-order valence-corrected chi connectivity index (χ0v) is 13.5. The lowest BCUT2D eigenvalue weighted by molar-refractivity contribution is -0.0498. The quantitative estimate of drug-likeness (QED) is 0.720. The second kappa shape index (κ2) is 6.94. The van der Waals surface area contributed by atoms with Crippen molar-refractivity contribution in [2.75, 3.05) is 5.32 Å². The number of nitrogens with one attached hydrogen (secondary N) is 1. The van der Waals surface area contributed by atoms with Gasteiger partial charge in [0.1, 0.15) is 0 Å². The minimum Gasteiger partial charge on any atom is -0.431 e. The molecule has 0 aliphatic heterocycles. The van der Waals surface area contributed by atoms with E-state index >= 15 is 0 Å². The molecule has 20 heavy (non-hydrogen) atoms. The molecule has 1 aromatic rings. The molecule has 6 heteroatoms. The van der Waals surface area contributed by atoms with Crippen LogP contribution in [0, 0.1) is 5.92 Å². The molecule has 1 saturated carbocycles. The molecule has 0 amide bonds. The van der Waals surface area contributed by atoms with Gasteiger partial charge in [-0.25, -0.2) is 0 Å². The highest BCUT2D eigenvalue weighted by molar-refractivity contribution is 9.10. The van der Waals surface area contributed by atoms with E-state index in [9.17, 15) is 8.78 Å². The molecule has 2 rings (SSSR count). The Bertz CT molecular complexity index is 473. The van der Waals surface area contributed by atoms with Gasteiger partial charge in [-0.05, 0) is 53.2 Å². The average molecular weight is 369 g/mol. The van der Waals surface area contributed by atoms with Crippen LogP contribution in [0.15, 0.2) is 16.6 Å². The lowest BCUT2D eigenvalue weighted by Crippen LogP contribution is -2.17. The summed E-state index contributed by atoms with van der Waals surface area (Å²) in [6.07, 6.45) is 4.41. The van der Waals surface area contributed by atoms with E-state index in [2.05, 4.69) is 32.9 Å². The van der Waals surface area contributed by atoms with E-state index in [4.69, 9.17) is 11.6 Å². The minimum atomic E-state index is -2.86. The first-order valence-electron chi connectivity index (χ1n) is 6.70. The van der Waals surface area contributed by atoms with Crippen molar-refractivity contribution in [3.63, 3.8) is 0 Å². The van der Waals surface area contributed by atoms with Crippen molar-refractivity contribution < 1.29 is 13.5 Å². The number of halogens is 4. The van der Waals surface area contributed by atoms with Crippen LogP contribution in [0.25, 0.3) is 0 Å². The topological polar surface area (TPSA) is 21.3 Å². The zero-order chi connectivity index (χ0) is 14.7. The fourth-order valence-electron chi connectivity index (χ4n) is 2.67. The van der Waals surface area contributed by atoms with Crippen LogP contribution in [-0.2, 0) is 0 Å². The third-order valence-corrected chi connectivity index (χ3v) is 4.50. The van der Waals surface area contributed by atoms with Gasteiger partial charge in [0.15, 0.2) is 5.75 Å². The van der Waals surface area contributed by atoms with E-state index in [0.717, 1.165) is 19.3 Å². The molecule has 1 fully saturated rings. The maximum atomic E-state index is 12.5. The Morgan fingerprint density at radius 3 is 2.80 bits per heavy atom. The molecule has 2 nitrogen and oxygen atoms in total. The Hall–Kier alpha value is -0.550. The molecular formula is C14H17BrClF2NO. The maximum absolute atomic E-state index is 12.5. The summed E-state index contributed by atoms with van der Waals surface area (Å²) in [5, 5.41) is 3.77. The monoisotopic (exact) mass is 367 g/mol. The van der Waals surface area contributed by atoms with Crippen LogP contribution in [-0.4, -0.2) is 12.7 Å². The van der Waals surface area contributed by atoms with E-state index < -0.39 is 6.61 Å². The number of alkyl halides is 2. The van der Waals surface area contributed by atoms with Gasteiger partial charge in [0.2, 0.25) is 0 Å². The van der Waals surface area contributed by atoms with E-state index in [1.807, 2.05) is 0 Å². The van der Waals surface area contributed by atoms with Crippen molar-refractivity contribution in [2.24, 2.45) is 5.92 Å². The number of benzene rings is 1. The Morgan fingerprint density at radius 1 is 1.45 bits per heavy atom. The predicted molar refractivity (Wildman–Crippen MR) is 80.8 cm³/mol. The number of rotatable bonds is 5. The molecule has 1 aliphatic carbocycles. The van der Waals surface area contributed by atoms with Crippen molar-refractivity contribution >= 4 is 33.2 Å². The standard InChI is InChI=1S/C14H17BrClF2NO/c1-2-8-3-4-10(5-8)19-12-7-9(16)6-11(15)13(12)20-14(17)18/h6-8,10,14,19H,2-5H2,1H3. The summed E-state index contributed by atoms with van der Waals surface area (Å²) < 4.78 is 30.0. The van der Waals surface area contributed by atoms with Crippen LogP contribution in [0.4, 0.5) is 14.5 Å². The number of hydrogen-bond acceptors (Lipinski definition) is 2. The Balaban J connectivity index is 2.17. The van der Waals surface area contributed by atoms with Crippen molar-refractivity contribution in [3.05, 3.63) is 21.6 Å². The average Bonchev–Trinajstić information content (AvgIpc) is 2.81. The van der Waals surface area contributed by atoms with Gasteiger partial charge in [0.05, 0.1) is 10.2 Å². The first-order valence-corrected chi connectivity index (χ1v) is 7.87. The molecule has 0 bridgehead atoms. The first kappa shape index (κ1) is 15.8. The van der Waals surface area contributed by atoms with Crippen LogP contribution < -0.4 is 10.1 Å². The van der Waals surface area contributed by atoms with E-state index in [-0.39, 0.29) is 11.8 Å². The minimum absolute atomic E-state index is 0.115. The van der Waals surface area contributed by atoms with Gasteiger partial charge in [-0.1, -0.05) is 24.9 Å². The fraction of sp³-hybridized carbons (Fsp3) is 0.571. The van der Waals surface area contributed by atoms with Crippen molar-refractivity contribution in [1.82, 2.24) is 0 Å². The van der Waals surface area contributed by atoms with Crippen LogP contribution in [0.3, 0.4) is 0 Å². The summed E-state index contributed by atoms with van der Waals surface area (Å²) in [5.74, 6) is 0.818. The maximum Gasteiger partial charge on any atom is 0.387 e. The molecule has 1 aliphatic rings. The van der Waals surface area contributed by atoms with Gasteiger partial charge in [0, 0.05) is 11.1 Å². The van der Waals surface area contributed by atoms with E-state index in [1.54, 1.807) is 12.1 Å². The van der Waals surface area contributed by atoms with E-state index in [1.165, 1.54) is 6.42 Å². The van der Waals surface area contributed by atoms with Crippen LogP contribution in [0.1, 0.15) is 32.6 Å². The molecule has 0 spiro atoms. The molecule has 0 radical (unpaired) electrons. The second-order valence-electron chi connectivity index (χ2n) is 5.07. The molecule has 1 aromatic carbocycles. The highest BCUT2D eigenvalue weighted by atomic mass is 79.9. The summed E-state index contributed by atoms with van der Waals surface area (Å²) >= 11 is 9.21. The first-order chi connectivity index (χ1) is 9.49. The molecule has 0 saturated heterocycles.